The average Bonchev–Trinajstić information content (AvgIpc) is 2.24. The van der Waals surface area contributed by atoms with Crippen LogP contribution < -0.4 is 5.32 Å². The van der Waals surface area contributed by atoms with Crippen molar-refractivity contribution in [3.05, 3.63) is 0 Å². The lowest BCUT2D eigenvalue weighted by molar-refractivity contribution is -0.137. The molecule has 0 bridgehead atoms. The van der Waals surface area contributed by atoms with Crippen LogP contribution in [0, 0.1) is 5.92 Å². The molecular weight excluding hydrogens is 213 g/mol. The molecule has 1 amide bonds. The van der Waals surface area contributed by atoms with Gasteiger partial charge < -0.3 is 10.4 Å². The molecule has 0 radical (unpaired) electrons. The van der Waals surface area contributed by atoms with E-state index < -0.39 is 12.1 Å². The lowest BCUT2D eigenvalue weighted by Crippen LogP contribution is -2.34. The molecule has 4 nitrogen and oxygen atoms in total. The SMILES string of the molecule is O=C(O)CCCNC(=O)C1CCCC(F)C1. The number of hydrogen-bond acceptors (Lipinski definition) is 2. The van der Waals surface area contributed by atoms with Gasteiger partial charge in [0.25, 0.3) is 0 Å². The van der Waals surface area contributed by atoms with Crippen molar-refractivity contribution in [1.29, 1.82) is 0 Å². The Bertz CT molecular complexity index is 258. The first-order valence-electron chi connectivity index (χ1n) is 5.73. The Labute approximate surface area is 94.2 Å². The molecule has 5 heteroatoms. The molecule has 1 fully saturated rings. The third-order valence-corrected chi connectivity index (χ3v) is 2.85. The van der Waals surface area contributed by atoms with Crippen LogP contribution in [-0.2, 0) is 9.59 Å². The van der Waals surface area contributed by atoms with Gasteiger partial charge in [-0.3, -0.25) is 9.59 Å². The van der Waals surface area contributed by atoms with Crippen molar-refractivity contribution in [2.45, 2.75) is 44.7 Å². The van der Waals surface area contributed by atoms with Gasteiger partial charge in [0.2, 0.25) is 5.91 Å². The summed E-state index contributed by atoms with van der Waals surface area (Å²) in [5.41, 5.74) is 0. The van der Waals surface area contributed by atoms with E-state index >= 15 is 0 Å². The molecule has 2 N–H and O–H groups in total. The number of nitrogens with one attached hydrogen (secondary N) is 1. The predicted molar refractivity (Wildman–Crippen MR) is 56.7 cm³/mol. The van der Waals surface area contributed by atoms with Gasteiger partial charge in [-0.2, -0.15) is 0 Å². The zero-order valence-electron chi connectivity index (χ0n) is 9.25. The quantitative estimate of drug-likeness (QED) is 0.704. The number of hydrogen-bond donors (Lipinski definition) is 2. The van der Waals surface area contributed by atoms with Crippen LogP contribution in [0.5, 0.6) is 0 Å². The molecule has 0 aromatic heterocycles. The van der Waals surface area contributed by atoms with E-state index in [-0.39, 0.29) is 18.2 Å². The first kappa shape index (κ1) is 12.9. The Balaban J connectivity index is 2.16. The van der Waals surface area contributed by atoms with Crippen LogP contribution in [-0.4, -0.2) is 29.7 Å². The fraction of sp³-hybridized carbons (Fsp3) is 0.818. The van der Waals surface area contributed by atoms with Gasteiger partial charge in [-0.25, -0.2) is 4.39 Å². The Kier molecular flexibility index (Phi) is 5.22. The zero-order chi connectivity index (χ0) is 12.0. The second-order valence-electron chi connectivity index (χ2n) is 4.25. The minimum Gasteiger partial charge on any atom is -0.481 e. The topological polar surface area (TPSA) is 66.4 Å². The monoisotopic (exact) mass is 231 g/mol. The Hall–Kier alpha value is -1.13. The van der Waals surface area contributed by atoms with Gasteiger partial charge in [-0.1, -0.05) is 0 Å². The maximum atomic E-state index is 13.0. The number of carboxylic acid groups (broad SMARTS) is 1. The molecule has 0 aromatic carbocycles. The van der Waals surface area contributed by atoms with Crippen LogP contribution in [0.4, 0.5) is 4.39 Å². The van der Waals surface area contributed by atoms with Gasteiger partial charge >= 0.3 is 5.97 Å². The molecule has 0 spiro atoms. The fourth-order valence-electron chi connectivity index (χ4n) is 1.96. The molecule has 1 rings (SSSR count). The van der Waals surface area contributed by atoms with Crippen LogP contribution in [0.15, 0.2) is 0 Å². The van der Waals surface area contributed by atoms with Crippen molar-refractivity contribution in [3.8, 4) is 0 Å². The summed E-state index contributed by atoms with van der Waals surface area (Å²) in [4.78, 5) is 21.8. The Morgan fingerprint density at radius 3 is 2.75 bits per heavy atom. The minimum absolute atomic E-state index is 0.0523. The van der Waals surface area contributed by atoms with Gasteiger partial charge in [-0.15, -0.1) is 0 Å². The molecule has 1 saturated carbocycles. The third-order valence-electron chi connectivity index (χ3n) is 2.85. The molecule has 0 aromatic rings. The summed E-state index contributed by atoms with van der Waals surface area (Å²) in [6.45, 7) is 0.360. The number of carbonyl (C=O) groups excluding carboxylic acids is 1. The highest BCUT2D eigenvalue weighted by molar-refractivity contribution is 5.78. The molecule has 16 heavy (non-hydrogen) atoms. The zero-order valence-corrected chi connectivity index (χ0v) is 9.25. The minimum atomic E-state index is -0.865. The van der Waals surface area contributed by atoms with Crippen LogP contribution >= 0.6 is 0 Å². The number of rotatable bonds is 5. The van der Waals surface area contributed by atoms with E-state index in [1.807, 2.05) is 0 Å². The summed E-state index contributed by atoms with van der Waals surface area (Å²) >= 11 is 0. The van der Waals surface area contributed by atoms with Gasteiger partial charge in [-0.05, 0) is 32.1 Å². The molecule has 0 aliphatic heterocycles. The highest BCUT2D eigenvalue weighted by atomic mass is 19.1. The predicted octanol–water partition coefficient (Wildman–Crippen LogP) is 1.50. The molecule has 0 saturated heterocycles. The summed E-state index contributed by atoms with van der Waals surface area (Å²) in [5.74, 6) is -1.22. The van der Waals surface area contributed by atoms with E-state index in [2.05, 4.69) is 5.32 Å². The maximum absolute atomic E-state index is 13.0. The average molecular weight is 231 g/mol. The van der Waals surface area contributed by atoms with E-state index in [1.165, 1.54) is 0 Å². The molecule has 1 aliphatic rings. The van der Waals surface area contributed by atoms with E-state index in [1.54, 1.807) is 0 Å². The summed E-state index contributed by atoms with van der Waals surface area (Å²) < 4.78 is 13.0. The Morgan fingerprint density at radius 2 is 2.12 bits per heavy atom. The first-order chi connectivity index (χ1) is 7.59. The van der Waals surface area contributed by atoms with Crippen molar-refractivity contribution in [2.75, 3.05) is 6.54 Å². The van der Waals surface area contributed by atoms with Crippen LogP contribution in [0.3, 0.4) is 0 Å². The van der Waals surface area contributed by atoms with E-state index in [0.29, 0.717) is 25.8 Å². The second kappa shape index (κ2) is 6.45. The van der Waals surface area contributed by atoms with Crippen LogP contribution in [0.25, 0.3) is 0 Å². The molecule has 0 heterocycles. The first-order valence-corrected chi connectivity index (χ1v) is 5.73. The fourth-order valence-corrected chi connectivity index (χ4v) is 1.96. The number of halogens is 1. The van der Waals surface area contributed by atoms with Crippen molar-refractivity contribution < 1.29 is 19.1 Å². The van der Waals surface area contributed by atoms with Crippen molar-refractivity contribution >= 4 is 11.9 Å². The summed E-state index contributed by atoms with van der Waals surface area (Å²) in [6, 6.07) is 0. The van der Waals surface area contributed by atoms with E-state index in [4.69, 9.17) is 5.11 Å². The normalized spacial score (nSPS) is 25.1. The van der Waals surface area contributed by atoms with Crippen LogP contribution in [0.2, 0.25) is 0 Å². The third kappa shape index (κ3) is 4.59. The highest BCUT2D eigenvalue weighted by Gasteiger charge is 2.26. The smallest absolute Gasteiger partial charge is 0.303 e. The lowest BCUT2D eigenvalue weighted by Gasteiger charge is -2.23. The summed E-state index contributed by atoms with van der Waals surface area (Å²) in [6.07, 6.45) is 1.99. The van der Waals surface area contributed by atoms with Crippen molar-refractivity contribution in [1.82, 2.24) is 5.32 Å². The molecule has 1 aliphatic carbocycles. The summed E-state index contributed by atoms with van der Waals surface area (Å²) in [5, 5.41) is 11.1. The molecule has 92 valence electrons. The van der Waals surface area contributed by atoms with Crippen LogP contribution in [0.1, 0.15) is 38.5 Å². The maximum Gasteiger partial charge on any atom is 0.303 e. The van der Waals surface area contributed by atoms with Gasteiger partial charge in [0.1, 0.15) is 6.17 Å². The van der Waals surface area contributed by atoms with Crippen molar-refractivity contribution in [3.63, 3.8) is 0 Å². The summed E-state index contributed by atoms with van der Waals surface area (Å²) in [7, 11) is 0. The molecule has 2 atom stereocenters. The largest absolute Gasteiger partial charge is 0.481 e. The standard InChI is InChI=1S/C11H18FNO3/c12-9-4-1-3-8(7-9)11(16)13-6-2-5-10(14)15/h8-9H,1-7H2,(H,13,16)(H,14,15). The van der Waals surface area contributed by atoms with E-state index in [9.17, 15) is 14.0 Å². The number of carboxylic acids is 1. The van der Waals surface area contributed by atoms with Gasteiger partial charge in [0, 0.05) is 18.9 Å². The number of aliphatic carboxylic acids is 1. The highest BCUT2D eigenvalue weighted by Crippen LogP contribution is 2.26. The Morgan fingerprint density at radius 1 is 1.38 bits per heavy atom. The van der Waals surface area contributed by atoms with Gasteiger partial charge in [0.05, 0.1) is 0 Å². The number of carbonyl (C=O) groups is 2. The van der Waals surface area contributed by atoms with Gasteiger partial charge in [0.15, 0.2) is 0 Å². The van der Waals surface area contributed by atoms with E-state index in [0.717, 1.165) is 12.8 Å². The molecule has 2 unspecified atom stereocenters. The lowest BCUT2D eigenvalue weighted by atomic mass is 9.87. The second-order valence-corrected chi connectivity index (χ2v) is 4.25. The number of amides is 1. The number of alkyl halides is 1. The molecular formula is C11H18FNO3. The van der Waals surface area contributed by atoms with Crippen molar-refractivity contribution in [2.24, 2.45) is 5.92 Å².